The number of carbonyl (C=O) groups is 3. The average molecular weight is 307 g/mol. The first kappa shape index (κ1) is 16.1. The molecule has 1 saturated heterocycles. The van der Waals surface area contributed by atoms with Crippen LogP contribution >= 0.6 is 0 Å². The molecule has 0 spiro atoms. The van der Waals surface area contributed by atoms with Gasteiger partial charge in [0.05, 0.1) is 17.7 Å². The predicted molar refractivity (Wildman–Crippen MR) is 79.0 cm³/mol. The van der Waals surface area contributed by atoms with Gasteiger partial charge in [0.25, 0.3) is 5.91 Å². The van der Waals surface area contributed by atoms with Crippen LogP contribution in [0.25, 0.3) is 0 Å². The van der Waals surface area contributed by atoms with Crippen molar-refractivity contribution in [2.75, 3.05) is 26.2 Å². The number of amides is 3. The van der Waals surface area contributed by atoms with Gasteiger partial charge in [0, 0.05) is 33.1 Å². The Bertz CT molecular complexity index is 527. The quantitative estimate of drug-likeness (QED) is 0.770. The molecule has 1 aromatic rings. The van der Waals surface area contributed by atoms with Crippen molar-refractivity contribution in [3.8, 4) is 0 Å². The molecule has 0 unspecified atom stereocenters. The smallest absolute Gasteiger partial charge is 0.257 e. The molecule has 0 aromatic carbocycles. The van der Waals surface area contributed by atoms with Gasteiger partial charge in [-0.25, -0.2) is 0 Å². The standard InChI is InChI=1S/C15H21N3O4/c1-11(19)16-5-6-17-14(20)12-3-2-7-18(9-12)15(21)13-4-8-22-10-13/h4,8,10,12H,2-3,5-7,9H2,1H3,(H,16,19)(H,17,20)/t12-/m0/s1. The fraction of sp³-hybridized carbons (Fsp3) is 0.533. The van der Waals surface area contributed by atoms with Crippen LogP contribution < -0.4 is 10.6 Å². The lowest BCUT2D eigenvalue weighted by atomic mass is 9.96. The third-order valence-electron chi connectivity index (χ3n) is 3.65. The number of nitrogens with zero attached hydrogens (tertiary/aromatic N) is 1. The second kappa shape index (κ2) is 7.63. The number of piperidine rings is 1. The highest BCUT2D eigenvalue weighted by atomic mass is 16.3. The number of likely N-dealkylation sites (tertiary alicyclic amines) is 1. The molecule has 7 heteroatoms. The van der Waals surface area contributed by atoms with Crippen LogP contribution in [-0.2, 0) is 9.59 Å². The van der Waals surface area contributed by atoms with Crippen molar-refractivity contribution in [3.05, 3.63) is 24.2 Å². The number of rotatable bonds is 5. The van der Waals surface area contributed by atoms with Crippen molar-refractivity contribution in [2.45, 2.75) is 19.8 Å². The Labute approximate surface area is 129 Å². The summed E-state index contributed by atoms with van der Waals surface area (Å²) in [6.07, 6.45) is 4.44. The number of hydrogen-bond donors (Lipinski definition) is 2. The minimum atomic E-state index is -0.207. The minimum absolute atomic E-state index is 0.0740. The van der Waals surface area contributed by atoms with Crippen LogP contribution in [0, 0.1) is 5.92 Å². The van der Waals surface area contributed by atoms with Crippen molar-refractivity contribution in [2.24, 2.45) is 5.92 Å². The first-order valence-corrected chi connectivity index (χ1v) is 7.41. The van der Waals surface area contributed by atoms with Gasteiger partial charge in [-0.15, -0.1) is 0 Å². The predicted octanol–water partition coefficient (Wildman–Crippen LogP) is 0.384. The number of carbonyl (C=O) groups excluding carboxylic acids is 3. The zero-order chi connectivity index (χ0) is 15.9. The molecular formula is C15H21N3O4. The number of hydrogen-bond acceptors (Lipinski definition) is 4. The van der Waals surface area contributed by atoms with Gasteiger partial charge in [-0.1, -0.05) is 0 Å². The van der Waals surface area contributed by atoms with E-state index in [1.165, 1.54) is 19.5 Å². The lowest BCUT2D eigenvalue weighted by molar-refractivity contribution is -0.126. The summed E-state index contributed by atoms with van der Waals surface area (Å²) in [5.74, 6) is -0.509. The number of nitrogens with one attached hydrogen (secondary N) is 2. The van der Waals surface area contributed by atoms with Crippen LogP contribution in [0.15, 0.2) is 23.0 Å². The summed E-state index contributed by atoms with van der Waals surface area (Å²) in [6, 6.07) is 1.62. The zero-order valence-corrected chi connectivity index (χ0v) is 12.6. The zero-order valence-electron chi connectivity index (χ0n) is 12.6. The third-order valence-corrected chi connectivity index (χ3v) is 3.65. The Morgan fingerprint density at radius 2 is 2.09 bits per heavy atom. The largest absolute Gasteiger partial charge is 0.472 e. The molecule has 0 aliphatic carbocycles. The van der Waals surface area contributed by atoms with Gasteiger partial charge < -0.3 is 20.0 Å². The average Bonchev–Trinajstić information content (AvgIpc) is 3.05. The summed E-state index contributed by atoms with van der Waals surface area (Å²) in [5.41, 5.74) is 0.506. The summed E-state index contributed by atoms with van der Waals surface area (Å²) in [6.45, 7) is 3.30. The summed E-state index contributed by atoms with van der Waals surface area (Å²) in [7, 11) is 0. The van der Waals surface area contributed by atoms with Crippen LogP contribution in [0.2, 0.25) is 0 Å². The SMILES string of the molecule is CC(=O)NCCNC(=O)[C@H]1CCCN(C(=O)c2ccoc2)C1. The van der Waals surface area contributed by atoms with E-state index in [2.05, 4.69) is 10.6 Å². The molecule has 2 heterocycles. The molecule has 0 bridgehead atoms. The Morgan fingerprint density at radius 3 is 2.77 bits per heavy atom. The highest BCUT2D eigenvalue weighted by molar-refractivity contribution is 5.94. The Morgan fingerprint density at radius 1 is 1.32 bits per heavy atom. The van der Waals surface area contributed by atoms with E-state index in [0.29, 0.717) is 31.7 Å². The van der Waals surface area contributed by atoms with E-state index in [0.717, 1.165) is 12.8 Å². The van der Waals surface area contributed by atoms with Gasteiger partial charge in [-0.05, 0) is 18.9 Å². The van der Waals surface area contributed by atoms with Crippen LogP contribution in [-0.4, -0.2) is 48.8 Å². The van der Waals surface area contributed by atoms with Crippen LogP contribution in [0.3, 0.4) is 0 Å². The lowest BCUT2D eigenvalue weighted by Gasteiger charge is -2.31. The maximum atomic E-state index is 12.3. The highest BCUT2D eigenvalue weighted by Gasteiger charge is 2.29. The molecule has 120 valence electrons. The summed E-state index contributed by atoms with van der Waals surface area (Å²) < 4.78 is 4.92. The third kappa shape index (κ3) is 4.34. The van der Waals surface area contributed by atoms with Crippen molar-refractivity contribution < 1.29 is 18.8 Å². The first-order valence-electron chi connectivity index (χ1n) is 7.41. The van der Waals surface area contributed by atoms with E-state index < -0.39 is 0 Å². The number of furan rings is 1. The molecule has 0 radical (unpaired) electrons. The van der Waals surface area contributed by atoms with Crippen molar-refractivity contribution in [3.63, 3.8) is 0 Å². The molecule has 1 atom stereocenters. The molecule has 1 aliphatic rings. The molecule has 3 amide bonds. The normalized spacial score (nSPS) is 17.9. The first-order chi connectivity index (χ1) is 10.6. The molecular weight excluding hydrogens is 286 g/mol. The maximum absolute atomic E-state index is 12.3. The Balaban J connectivity index is 1.81. The second-order valence-electron chi connectivity index (χ2n) is 5.38. The fourth-order valence-corrected chi connectivity index (χ4v) is 2.51. The van der Waals surface area contributed by atoms with Crippen LogP contribution in [0.4, 0.5) is 0 Å². The van der Waals surface area contributed by atoms with E-state index in [4.69, 9.17) is 4.42 Å². The van der Waals surface area contributed by atoms with Gasteiger partial charge >= 0.3 is 0 Å². The molecule has 0 saturated carbocycles. The van der Waals surface area contributed by atoms with E-state index in [-0.39, 0.29) is 23.6 Å². The summed E-state index contributed by atoms with van der Waals surface area (Å²) in [5, 5.41) is 5.41. The van der Waals surface area contributed by atoms with E-state index in [1.807, 2.05) is 0 Å². The second-order valence-corrected chi connectivity index (χ2v) is 5.38. The molecule has 22 heavy (non-hydrogen) atoms. The maximum Gasteiger partial charge on any atom is 0.257 e. The molecule has 7 nitrogen and oxygen atoms in total. The Hall–Kier alpha value is -2.31. The molecule has 2 N–H and O–H groups in total. The molecule has 1 aromatic heterocycles. The topological polar surface area (TPSA) is 91.7 Å². The van der Waals surface area contributed by atoms with Gasteiger partial charge in [-0.3, -0.25) is 14.4 Å². The molecule has 1 fully saturated rings. The molecule has 2 rings (SSSR count). The van der Waals surface area contributed by atoms with Gasteiger partial charge in [0.2, 0.25) is 11.8 Å². The van der Waals surface area contributed by atoms with Crippen molar-refractivity contribution in [1.29, 1.82) is 0 Å². The lowest BCUT2D eigenvalue weighted by Crippen LogP contribution is -2.46. The highest BCUT2D eigenvalue weighted by Crippen LogP contribution is 2.19. The monoisotopic (exact) mass is 307 g/mol. The van der Waals surface area contributed by atoms with E-state index in [9.17, 15) is 14.4 Å². The van der Waals surface area contributed by atoms with E-state index in [1.54, 1.807) is 11.0 Å². The summed E-state index contributed by atoms with van der Waals surface area (Å²) >= 11 is 0. The van der Waals surface area contributed by atoms with Crippen molar-refractivity contribution in [1.82, 2.24) is 15.5 Å². The Kier molecular flexibility index (Phi) is 5.57. The van der Waals surface area contributed by atoms with Gasteiger partial charge in [0.15, 0.2) is 0 Å². The minimum Gasteiger partial charge on any atom is -0.472 e. The summed E-state index contributed by atoms with van der Waals surface area (Å²) in [4.78, 5) is 36.8. The fourth-order valence-electron chi connectivity index (χ4n) is 2.51. The van der Waals surface area contributed by atoms with Gasteiger partial charge in [-0.2, -0.15) is 0 Å². The van der Waals surface area contributed by atoms with Crippen LogP contribution in [0.1, 0.15) is 30.1 Å². The van der Waals surface area contributed by atoms with Crippen molar-refractivity contribution >= 4 is 17.7 Å². The van der Waals surface area contributed by atoms with Gasteiger partial charge in [0.1, 0.15) is 6.26 Å². The van der Waals surface area contributed by atoms with E-state index >= 15 is 0 Å². The molecule has 1 aliphatic heterocycles. The van der Waals surface area contributed by atoms with Crippen LogP contribution in [0.5, 0.6) is 0 Å².